The number of ether oxygens (including phenoxy) is 1. The highest BCUT2D eigenvalue weighted by Gasteiger charge is 2.07. The van der Waals surface area contributed by atoms with Crippen molar-refractivity contribution in [1.82, 2.24) is 0 Å². The average molecular weight is 242 g/mol. The van der Waals surface area contributed by atoms with E-state index in [4.69, 9.17) is 33.2 Å². The molecular weight excluding hydrogens is 233 g/mol. The van der Waals surface area contributed by atoms with Crippen LogP contribution in [0.4, 0.5) is 0 Å². The molecular formula is C11H9Cl2NO. The SMILES string of the molecule is CCOc1c(Cl)cc(/C=C/C#N)cc1Cl. The van der Waals surface area contributed by atoms with Gasteiger partial charge in [-0.3, -0.25) is 0 Å². The second-order valence-electron chi connectivity index (χ2n) is 2.71. The summed E-state index contributed by atoms with van der Waals surface area (Å²) >= 11 is 11.9. The van der Waals surface area contributed by atoms with Crippen molar-refractivity contribution in [3.05, 3.63) is 33.8 Å². The number of hydrogen-bond acceptors (Lipinski definition) is 2. The molecule has 0 heterocycles. The molecule has 0 aliphatic carbocycles. The molecule has 0 amide bonds. The zero-order valence-electron chi connectivity index (χ0n) is 8.13. The number of hydrogen-bond donors (Lipinski definition) is 0. The van der Waals surface area contributed by atoms with Gasteiger partial charge in [0.2, 0.25) is 0 Å². The first kappa shape index (κ1) is 11.9. The Hall–Kier alpha value is -1.17. The topological polar surface area (TPSA) is 33.0 Å². The van der Waals surface area contributed by atoms with Gasteiger partial charge in [0.1, 0.15) is 0 Å². The van der Waals surface area contributed by atoms with E-state index in [2.05, 4.69) is 0 Å². The van der Waals surface area contributed by atoms with Gasteiger partial charge < -0.3 is 4.74 Å². The standard InChI is InChI=1S/C11H9Cl2NO/c1-2-15-11-9(12)6-8(4-3-5-14)7-10(11)13/h3-4,6-7H,2H2,1H3/b4-3+. The summed E-state index contributed by atoms with van der Waals surface area (Å²) in [5, 5.41) is 9.27. The zero-order valence-corrected chi connectivity index (χ0v) is 9.64. The molecule has 0 aliphatic rings. The van der Waals surface area contributed by atoms with Gasteiger partial charge >= 0.3 is 0 Å². The fourth-order valence-electron chi connectivity index (χ4n) is 1.09. The minimum Gasteiger partial charge on any atom is -0.491 e. The first-order chi connectivity index (χ1) is 7.19. The zero-order chi connectivity index (χ0) is 11.3. The van der Waals surface area contributed by atoms with Crippen molar-refractivity contribution in [2.24, 2.45) is 0 Å². The molecule has 15 heavy (non-hydrogen) atoms. The molecule has 1 aromatic carbocycles. The van der Waals surface area contributed by atoms with Gasteiger partial charge in [0.25, 0.3) is 0 Å². The molecule has 1 rings (SSSR count). The summed E-state index contributed by atoms with van der Waals surface area (Å²) in [6, 6.07) is 5.30. The summed E-state index contributed by atoms with van der Waals surface area (Å²) in [5.74, 6) is 0.481. The molecule has 0 radical (unpaired) electrons. The van der Waals surface area contributed by atoms with Crippen molar-refractivity contribution in [3.8, 4) is 11.8 Å². The molecule has 0 fully saturated rings. The average Bonchev–Trinajstić information content (AvgIpc) is 2.20. The van der Waals surface area contributed by atoms with Crippen molar-refractivity contribution in [2.45, 2.75) is 6.92 Å². The van der Waals surface area contributed by atoms with E-state index >= 15 is 0 Å². The van der Waals surface area contributed by atoms with E-state index < -0.39 is 0 Å². The second kappa shape index (κ2) is 5.65. The van der Waals surface area contributed by atoms with Gasteiger partial charge in [-0.15, -0.1) is 0 Å². The van der Waals surface area contributed by atoms with E-state index in [1.165, 1.54) is 6.08 Å². The van der Waals surface area contributed by atoms with Crippen LogP contribution in [0.3, 0.4) is 0 Å². The molecule has 0 N–H and O–H groups in total. The highest BCUT2D eigenvalue weighted by molar-refractivity contribution is 6.37. The van der Waals surface area contributed by atoms with Gasteiger partial charge in [0.15, 0.2) is 5.75 Å². The monoisotopic (exact) mass is 241 g/mol. The van der Waals surface area contributed by atoms with Gasteiger partial charge in [-0.05, 0) is 30.7 Å². The van der Waals surface area contributed by atoms with E-state index in [0.29, 0.717) is 22.4 Å². The molecule has 0 unspecified atom stereocenters. The number of benzene rings is 1. The van der Waals surface area contributed by atoms with Gasteiger partial charge in [0.05, 0.1) is 22.7 Å². The lowest BCUT2D eigenvalue weighted by Gasteiger charge is -2.08. The fourth-order valence-corrected chi connectivity index (χ4v) is 1.70. The number of halogens is 2. The van der Waals surface area contributed by atoms with E-state index in [1.807, 2.05) is 13.0 Å². The maximum atomic E-state index is 8.38. The number of allylic oxidation sites excluding steroid dienone is 1. The van der Waals surface area contributed by atoms with E-state index in [0.717, 1.165) is 5.56 Å². The molecule has 0 saturated carbocycles. The quantitative estimate of drug-likeness (QED) is 0.752. The fraction of sp³-hybridized carbons (Fsp3) is 0.182. The lowest BCUT2D eigenvalue weighted by Crippen LogP contribution is -1.93. The van der Waals surface area contributed by atoms with E-state index in [9.17, 15) is 0 Å². The maximum absolute atomic E-state index is 8.38. The first-order valence-electron chi connectivity index (χ1n) is 4.37. The van der Waals surface area contributed by atoms with Crippen LogP contribution in [0.5, 0.6) is 5.75 Å². The Morgan fingerprint density at radius 2 is 2.00 bits per heavy atom. The number of nitrogens with zero attached hydrogens (tertiary/aromatic N) is 1. The van der Waals surface area contributed by atoms with Crippen LogP contribution in [0.15, 0.2) is 18.2 Å². The van der Waals surface area contributed by atoms with Crippen molar-refractivity contribution >= 4 is 29.3 Å². The predicted octanol–water partition coefficient (Wildman–Crippen LogP) is 3.93. The Morgan fingerprint density at radius 1 is 1.40 bits per heavy atom. The number of rotatable bonds is 3. The number of nitriles is 1. The third-order valence-corrected chi connectivity index (χ3v) is 2.22. The highest BCUT2D eigenvalue weighted by Crippen LogP contribution is 2.34. The Morgan fingerprint density at radius 3 is 2.47 bits per heavy atom. The van der Waals surface area contributed by atoms with Gasteiger partial charge in [-0.25, -0.2) is 0 Å². The largest absolute Gasteiger partial charge is 0.491 e. The van der Waals surface area contributed by atoms with Crippen molar-refractivity contribution in [1.29, 1.82) is 5.26 Å². The molecule has 78 valence electrons. The second-order valence-corrected chi connectivity index (χ2v) is 3.52. The molecule has 2 nitrogen and oxygen atoms in total. The van der Waals surface area contributed by atoms with Gasteiger partial charge in [0, 0.05) is 6.08 Å². The van der Waals surface area contributed by atoms with Crippen LogP contribution in [0.2, 0.25) is 10.0 Å². The Labute approximate surface area is 98.7 Å². The van der Waals surface area contributed by atoms with Crippen LogP contribution in [-0.2, 0) is 0 Å². The van der Waals surface area contributed by atoms with Crippen molar-refractivity contribution < 1.29 is 4.74 Å². The molecule has 0 aromatic heterocycles. The van der Waals surface area contributed by atoms with Crippen LogP contribution < -0.4 is 4.74 Å². The minimum atomic E-state index is 0.446. The Balaban J connectivity index is 3.09. The third-order valence-electron chi connectivity index (χ3n) is 1.66. The summed E-state index contributed by atoms with van der Waals surface area (Å²) < 4.78 is 5.27. The molecule has 0 bridgehead atoms. The summed E-state index contributed by atoms with van der Waals surface area (Å²) in [5.41, 5.74) is 0.773. The van der Waals surface area contributed by atoms with E-state index in [1.54, 1.807) is 18.2 Å². The van der Waals surface area contributed by atoms with Gasteiger partial charge in [-0.2, -0.15) is 5.26 Å². The first-order valence-corrected chi connectivity index (χ1v) is 5.12. The summed E-state index contributed by atoms with van der Waals surface area (Å²) in [6.07, 6.45) is 3.00. The minimum absolute atomic E-state index is 0.446. The smallest absolute Gasteiger partial charge is 0.156 e. The van der Waals surface area contributed by atoms with Crippen LogP contribution in [0.1, 0.15) is 12.5 Å². The Kier molecular flexibility index (Phi) is 4.48. The van der Waals surface area contributed by atoms with Crippen LogP contribution >= 0.6 is 23.2 Å². The summed E-state index contributed by atoms with van der Waals surface area (Å²) in [6.45, 7) is 2.36. The highest BCUT2D eigenvalue weighted by atomic mass is 35.5. The molecule has 0 spiro atoms. The lowest BCUT2D eigenvalue weighted by molar-refractivity contribution is 0.340. The van der Waals surface area contributed by atoms with Crippen LogP contribution in [0.25, 0.3) is 6.08 Å². The normalized spacial score (nSPS) is 10.3. The molecule has 0 atom stereocenters. The van der Waals surface area contributed by atoms with Crippen LogP contribution in [-0.4, -0.2) is 6.61 Å². The lowest BCUT2D eigenvalue weighted by atomic mass is 10.2. The summed E-state index contributed by atoms with van der Waals surface area (Å²) in [7, 11) is 0. The summed E-state index contributed by atoms with van der Waals surface area (Å²) in [4.78, 5) is 0. The third kappa shape index (κ3) is 3.16. The molecule has 0 aliphatic heterocycles. The van der Waals surface area contributed by atoms with Crippen molar-refractivity contribution in [2.75, 3.05) is 6.61 Å². The van der Waals surface area contributed by atoms with Crippen LogP contribution in [0, 0.1) is 11.3 Å². The van der Waals surface area contributed by atoms with Crippen molar-refractivity contribution in [3.63, 3.8) is 0 Å². The Bertz CT molecular complexity index is 398. The van der Waals surface area contributed by atoms with E-state index in [-0.39, 0.29) is 0 Å². The van der Waals surface area contributed by atoms with Gasteiger partial charge in [-0.1, -0.05) is 23.2 Å². The molecule has 0 saturated heterocycles. The maximum Gasteiger partial charge on any atom is 0.156 e. The molecule has 1 aromatic rings. The molecule has 4 heteroatoms. The predicted molar refractivity (Wildman–Crippen MR) is 62.3 cm³/mol.